The van der Waals surface area contributed by atoms with Gasteiger partial charge in [0.05, 0.1) is 12.6 Å². The third-order valence-corrected chi connectivity index (χ3v) is 3.06. The molecule has 1 unspecified atom stereocenters. The van der Waals surface area contributed by atoms with E-state index in [1.807, 2.05) is 18.4 Å². The average molecular weight is 252 g/mol. The van der Waals surface area contributed by atoms with Crippen LogP contribution >= 0.6 is 11.3 Å². The number of carbonyl (C=O) groups is 1. The molecule has 0 radical (unpaired) electrons. The molecule has 92 valence electrons. The van der Waals surface area contributed by atoms with Gasteiger partial charge >= 0.3 is 0 Å². The van der Waals surface area contributed by atoms with E-state index in [2.05, 4.69) is 17.2 Å². The van der Waals surface area contributed by atoms with E-state index in [9.17, 15) is 4.79 Å². The normalized spacial score (nSPS) is 11.5. The zero-order chi connectivity index (χ0) is 12.7. The molecule has 1 amide bonds. The van der Waals surface area contributed by atoms with Crippen LogP contribution in [0, 0.1) is 11.8 Å². The summed E-state index contributed by atoms with van der Waals surface area (Å²) in [6, 6.07) is 1.82. The van der Waals surface area contributed by atoms with Crippen LogP contribution in [0.4, 0.5) is 0 Å². The Bertz CT molecular complexity index is 431. The summed E-state index contributed by atoms with van der Waals surface area (Å²) in [4.78, 5) is 12.5. The number of thiophene rings is 1. The van der Waals surface area contributed by atoms with Crippen molar-refractivity contribution in [3.8, 4) is 11.8 Å². The third kappa shape index (κ3) is 4.19. The van der Waals surface area contributed by atoms with E-state index in [4.69, 9.17) is 10.5 Å². The van der Waals surface area contributed by atoms with Crippen molar-refractivity contribution < 1.29 is 9.53 Å². The van der Waals surface area contributed by atoms with Crippen LogP contribution < -0.4 is 11.1 Å². The fourth-order valence-corrected chi connectivity index (χ4v) is 1.90. The van der Waals surface area contributed by atoms with E-state index < -0.39 is 0 Å². The molecule has 1 rings (SSSR count). The number of nitrogens with one attached hydrogen (secondary N) is 1. The molecule has 0 spiro atoms. The highest BCUT2D eigenvalue weighted by Crippen LogP contribution is 2.15. The topological polar surface area (TPSA) is 64.3 Å². The fraction of sp³-hybridized carbons (Fsp3) is 0.417. The minimum absolute atomic E-state index is 0.00233. The highest BCUT2D eigenvalue weighted by molar-refractivity contribution is 7.12. The van der Waals surface area contributed by atoms with E-state index in [-0.39, 0.29) is 18.6 Å². The molecule has 0 aromatic carbocycles. The van der Waals surface area contributed by atoms with Crippen molar-refractivity contribution in [1.29, 1.82) is 0 Å². The smallest absolute Gasteiger partial charge is 0.262 e. The molecule has 0 fully saturated rings. The van der Waals surface area contributed by atoms with Gasteiger partial charge in [-0.1, -0.05) is 11.8 Å². The van der Waals surface area contributed by atoms with Gasteiger partial charge in [0.15, 0.2) is 0 Å². The summed E-state index contributed by atoms with van der Waals surface area (Å²) in [7, 11) is 1.61. The van der Waals surface area contributed by atoms with Gasteiger partial charge in [-0.05, 0) is 18.4 Å². The highest BCUT2D eigenvalue weighted by atomic mass is 32.1. The molecule has 1 atom stereocenters. The van der Waals surface area contributed by atoms with Crippen LogP contribution in [0.1, 0.15) is 22.2 Å². The molecule has 0 saturated heterocycles. The van der Waals surface area contributed by atoms with Crippen molar-refractivity contribution in [3.63, 3.8) is 0 Å². The van der Waals surface area contributed by atoms with E-state index >= 15 is 0 Å². The Hall–Kier alpha value is -1.35. The van der Waals surface area contributed by atoms with Crippen LogP contribution in [0.25, 0.3) is 0 Å². The summed E-state index contributed by atoms with van der Waals surface area (Å²) in [5.41, 5.74) is 6.03. The second-order valence-corrected chi connectivity index (χ2v) is 4.34. The summed E-state index contributed by atoms with van der Waals surface area (Å²) in [5, 5.41) is 4.64. The maximum absolute atomic E-state index is 11.9. The van der Waals surface area contributed by atoms with Gasteiger partial charge in [-0.25, -0.2) is 0 Å². The Labute approximate surface area is 105 Å². The summed E-state index contributed by atoms with van der Waals surface area (Å²) in [6.07, 6.45) is -0.00233. The monoisotopic (exact) mass is 252 g/mol. The predicted octanol–water partition coefficient (Wildman–Crippen LogP) is 0.823. The van der Waals surface area contributed by atoms with Crippen LogP contribution in [0.15, 0.2) is 11.4 Å². The number of nitrogens with two attached hydrogens (primary N) is 1. The maximum Gasteiger partial charge on any atom is 0.262 e. The largest absolute Gasteiger partial charge is 0.380 e. The van der Waals surface area contributed by atoms with Crippen molar-refractivity contribution in [2.24, 2.45) is 5.73 Å². The molecule has 1 heterocycles. The quantitative estimate of drug-likeness (QED) is 0.780. The van der Waals surface area contributed by atoms with Gasteiger partial charge in [-0.3, -0.25) is 4.79 Å². The van der Waals surface area contributed by atoms with Crippen molar-refractivity contribution in [3.05, 3.63) is 21.9 Å². The van der Waals surface area contributed by atoms with Gasteiger partial charge in [-0.15, -0.1) is 11.3 Å². The lowest BCUT2D eigenvalue weighted by atomic mass is 10.2. The molecular weight excluding hydrogens is 236 g/mol. The second kappa shape index (κ2) is 7.07. The Morgan fingerprint density at radius 1 is 1.71 bits per heavy atom. The lowest BCUT2D eigenvalue weighted by molar-refractivity contribution is 0.0874. The molecule has 17 heavy (non-hydrogen) atoms. The minimum Gasteiger partial charge on any atom is -0.380 e. The molecule has 0 bridgehead atoms. The molecule has 0 aliphatic heterocycles. The first-order chi connectivity index (χ1) is 8.19. The molecule has 0 aliphatic rings. The van der Waals surface area contributed by atoms with Gasteiger partial charge in [0.1, 0.15) is 4.88 Å². The molecule has 0 saturated carbocycles. The standard InChI is InChI=1S/C12H16N2O2S/c1-9(16-2)8-14-12(15)11-10(4-3-6-13)5-7-17-11/h5,7,9H,6,8,13H2,1-2H3,(H,14,15). The molecule has 3 N–H and O–H groups in total. The van der Waals surface area contributed by atoms with E-state index in [0.29, 0.717) is 11.4 Å². The number of hydrogen-bond acceptors (Lipinski definition) is 4. The first-order valence-electron chi connectivity index (χ1n) is 5.26. The lowest BCUT2D eigenvalue weighted by Gasteiger charge is -2.10. The zero-order valence-electron chi connectivity index (χ0n) is 9.95. The van der Waals surface area contributed by atoms with Crippen LogP contribution in [0.5, 0.6) is 0 Å². The molecule has 1 aromatic heterocycles. The molecule has 4 nitrogen and oxygen atoms in total. The van der Waals surface area contributed by atoms with Crippen molar-refractivity contribution >= 4 is 17.2 Å². The third-order valence-electron chi connectivity index (χ3n) is 2.15. The summed E-state index contributed by atoms with van der Waals surface area (Å²) in [5.74, 6) is 5.50. The van der Waals surface area contributed by atoms with Gasteiger partial charge in [0.2, 0.25) is 0 Å². The molecule has 0 aliphatic carbocycles. The maximum atomic E-state index is 11.9. The Morgan fingerprint density at radius 2 is 2.47 bits per heavy atom. The van der Waals surface area contributed by atoms with Crippen molar-refractivity contribution in [2.45, 2.75) is 13.0 Å². The van der Waals surface area contributed by atoms with Gasteiger partial charge in [0.25, 0.3) is 5.91 Å². The predicted molar refractivity (Wildman–Crippen MR) is 69.1 cm³/mol. The Balaban J connectivity index is 2.66. The number of rotatable bonds is 4. The number of carbonyl (C=O) groups excluding carboxylic acids is 1. The average Bonchev–Trinajstić information content (AvgIpc) is 2.81. The Morgan fingerprint density at radius 3 is 3.12 bits per heavy atom. The lowest BCUT2D eigenvalue weighted by Crippen LogP contribution is -2.31. The highest BCUT2D eigenvalue weighted by Gasteiger charge is 2.12. The summed E-state index contributed by atoms with van der Waals surface area (Å²) < 4.78 is 5.06. The van der Waals surface area contributed by atoms with Crippen LogP contribution in [0.2, 0.25) is 0 Å². The van der Waals surface area contributed by atoms with E-state index in [1.165, 1.54) is 11.3 Å². The molecule has 5 heteroatoms. The van der Waals surface area contributed by atoms with Crippen molar-refractivity contribution in [1.82, 2.24) is 5.32 Å². The number of ether oxygens (including phenoxy) is 1. The Kier molecular flexibility index (Phi) is 5.70. The van der Waals surface area contributed by atoms with E-state index in [1.54, 1.807) is 7.11 Å². The second-order valence-electron chi connectivity index (χ2n) is 3.43. The van der Waals surface area contributed by atoms with Crippen LogP contribution in [-0.2, 0) is 4.74 Å². The van der Waals surface area contributed by atoms with Gasteiger partial charge in [0, 0.05) is 19.2 Å². The summed E-state index contributed by atoms with van der Waals surface area (Å²) in [6.45, 7) is 2.67. The van der Waals surface area contributed by atoms with Gasteiger partial charge in [-0.2, -0.15) is 0 Å². The number of hydrogen-bond donors (Lipinski definition) is 2. The first kappa shape index (κ1) is 13.7. The molecule has 1 aromatic rings. The van der Waals surface area contributed by atoms with Crippen LogP contribution in [-0.4, -0.2) is 32.2 Å². The van der Waals surface area contributed by atoms with Crippen molar-refractivity contribution in [2.75, 3.05) is 20.2 Å². The fourth-order valence-electron chi connectivity index (χ4n) is 1.13. The SMILES string of the molecule is COC(C)CNC(=O)c1sccc1C#CCN. The van der Waals surface area contributed by atoms with E-state index in [0.717, 1.165) is 5.56 Å². The number of amides is 1. The van der Waals surface area contributed by atoms with Gasteiger partial charge < -0.3 is 15.8 Å². The molecular formula is C12H16N2O2S. The minimum atomic E-state index is -0.120. The number of methoxy groups -OCH3 is 1. The first-order valence-corrected chi connectivity index (χ1v) is 6.14. The summed E-state index contributed by atoms with van der Waals surface area (Å²) >= 11 is 1.37. The van der Waals surface area contributed by atoms with Crippen LogP contribution in [0.3, 0.4) is 0 Å². The zero-order valence-corrected chi connectivity index (χ0v) is 10.8.